The lowest BCUT2D eigenvalue weighted by Gasteiger charge is -2.12. The summed E-state index contributed by atoms with van der Waals surface area (Å²) in [5.41, 5.74) is 3.03. The average molecular weight is 429 g/mol. The van der Waals surface area contributed by atoms with Gasteiger partial charge in [-0.25, -0.2) is 8.78 Å². The Balaban J connectivity index is 1.63. The van der Waals surface area contributed by atoms with Gasteiger partial charge in [0.2, 0.25) is 0 Å². The molecule has 32 heavy (non-hydrogen) atoms. The van der Waals surface area contributed by atoms with Crippen molar-refractivity contribution in [1.82, 2.24) is 14.9 Å². The van der Waals surface area contributed by atoms with E-state index in [0.29, 0.717) is 34.0 Å². The Bertz CT molecular complexity index is 1490. The second kappa shape index (κ2) is 6.54. The van der Waals surface area contributed by atoms with Gasteiger partial charge in [0.15, 0.2) is 5.82 Å². The lowest BCUT2D eigenvalue weighted by atomic mass is 9.95. The molecule has 1 saturated carbocycles. The fraction of sp³-hybridized carbons (Fsp3) is 0.269. The molecule has 160 valence electrons. The first-order chi connectivity index (χ1) is 15.4. The molecule has 4 nitrogen and oxygen atoms in total. The first kappa shape index (κ1) is 19.3. The van der Waals surface area contributed by atoms with Crippen molar-refractivity contribution in [2.24, 2.45) is 18.9 Å². The number of hydrogen-bond donors (Lipinski definition) is 2. The fourth-order valence-electron chi connectivity index (χ4n) is 5.75. The summed E-state index contributed by atoms with van der Waals surface area (Å²) in [4.78, 5) is 4.49. The second-order valence-corrected chi connectivity index (χ2v) is 8.91. The van der Waals surface area contributed by atoms with E-state index in [-0.39, 0.29) is 22.6 Å². The maximum atomic E-state index is 16.1. The van der Waals surface area contributed by atoms with E-state index in [1.54, 1.807) is 6.20 Å². The van der Waals surface area contributed by atoms with Gasteiger partial charge in [-0.3, -0.25) is 4.98 Å². The largest absolute Gasteiger partial charge is 0.508 e. The maximum absolute atomic E-state index is 16.1. The number of nitrogens with zero attached hydrogens (tertiary/aromatic N) is 2. The van der Waals surface area contributed by atoms with Crippen molar-refractivity contribution < 1.29 is 13.9 Å². The Hall–Kier alpha value is -3.43. The Morgan fingerprint density at radius 2 is 1.97 bits per heavy atom. The highest BCUT2D eigenvalue weighted by atomic mass is 19.1. The number of rotatable bonds is 2. The van der Waals surface area contributed by atoms with Crippen LogP contribution < -0.4 is 5.32 Å². The highest BCUT2D eigenvalue weighted by Crippen LogP contribution is 2.58. The van der Waals surface area contributed by atoms with Crippen molar-refractivity contribution in [3.63, 3.8) is 0 Å². The lowest BCUT2D eigenvalue weighted by Crippen LogP contribution is -2.14. The lowest BCUT2D eigenvalue weighted by molar-refractivity contribution is 0.476. The van der Waals surface area contributed by atoms with Gasteiger partial charge in [0.05, 0.1) is 11.1 Å². The third-order valence-corrected chi connectivity index (χ3v) is 7.39. The van der Waals surface area contributed by atoms with Gasteiger partial charge in [-0.05, 0) is 66.9 Å². The van der Waals surface area contributed by atoms with Crippen molar-refractivity contribution in [1.29, 1.82) is 0 Å². The summed E-state index contributed by atoms with van der Waals surface area (Å²) in [6.45, 7) is 4.01. The summed E-state index contributed by atoms with van der Waals surface area (Å²) >= 11 is 0. The first-order valence-corrected chi connectivity index (χ1v) is 10.7. The molecule has 3 heterocycles. The summed E-state index contributed by atoms with van der Waals surface area (Å²) < 4.78 is 32.4. The Kier molecular flexibility index (Phi) is 3.94. The Labute approximate surface area is 183 Å². The molecule has 2 fully saturated rings. The van der Waals surface area contributed by atoms with Gasteiger partial charge in [-0.2, -0.15) is 0 Å². The number of phenols is 1. The molecule has 4 aromatic rings. The van der Waals surface area contributed by atoms with E-state index < -0.39 is 11.6 Å². The van der Waals surface area contributed by atoms with Crippen molar-refractivity contribution in [3.05, 3.63) is 58.9 Å². The summed E-state index contributed by atoms with van der Waals surface area (Å²) in [7, 11) is 1.86. The monoisotopic (exact) mass is 429 g/mol. The highest BCUT2D eigenvalue weighted by molar-refractivity contribution is 6.02. The number of aryl methyl sites for hydroxylation is 1. The molecule has 0 spiro atoms. The fourth-order valence-corrected chi connectivity index (χ4v) is 5.75. The van der Waals surface area contributed by atoms with Gasteiger partial charge in [-0.15, -0.1) is 6.42 Å². The molecule has 2 aromatic carbocycles. The van der Waals surface area contributed by atoms with Crippen LogP contribution in [0, 0.1) is 42.7 Å². The van der Waals surface area contributed by atoms with Crippen molar-refractivity contribution in [2.45, 2.75) is 12.8 Å². The van der Waals surface area contributed by atoms with Gasteiger partial charge in [0.1, 0.15) is 17.3 Å². The second-order valence-electron chi connectivity index (χ2n) is 8.91. The van der Waals surface area contributed by atoms with Crippen molar-refractivity contribution >= 4 is 21.7 Å². The van der Waals surface area contributed by atoms with Crippen LogP contribution in [-0.4, -0.2) is 27.7 Å². The van der Waals surface area contributed by atoms with E-state index in [4.69, 9.17) is 6.42 Å². The van der Waals surface area contributed by atoms with E-state index in [1.807, 2.05) is 18.5 Å². The molecular formula is C26H21F2N3O. The zero-order chi connectivity index (χ0) is 22.3. The predicted octanol–water partition coefficient (Wildman–Crippen LogP) is 4.60. The number of nitrogens with one attached hydrogen (secondary N) is 1. The number of fused-ring (bicyclic) bond motifs is 3. The number of phenolic OH excluding ortho intramolecular Hbond substituents is 1. The van der Waals surface area contributed by atoms with Gasteiger partial charge in [-0.1, -0.05) is 12.0 Å². The molecule has 0 radical (unpaired) electrons. The molecule has 2 aliphatic rings. The number of aromatic hydroxyl groups is 1. The van der Waals surface area contributed by atoms with Gasteiger partial charge in [0, 0.05) is 35.3 Å². The van der Waals surface area contributed by atoms with E-state index >= 15 is 4.39 Å². The zero-order valence-corrected chi connectivity index (χ0v) is 17.7. The average Bonchev–Trinajstić information content (AvgIpc) is 3.10. The zero-order valence-electron chi connectivity index (χ0n) is 17.7. The van der Waals surface area contributed by atoms with E-state index in [1.165, 1.54) is 29.8 Å². The minimum atomic E-state index is -0.570. The number of terminal acetylenes is 1. The van der Waals surface area contributed by atoms with Gasteiger partial charge in [0.25, 0.3) is 0 Å². The topological polar surface area (TPSA) is 50.1 Å². The Morgan fingerprint density at radius 3 is 2.69 bits per heavy atom. The number of piperidine rings is 1. The molecule has 6 rings (SSSR count). The van der Waals surface area contributed by atoms with Crippen LogP contribution in [0.2, 0.25) is 0 Å². The molecule has 6 heteroatoms. The minimum absolute atomic E-state index is 0.0286. The summed E-state index contributed by atoms with van der Waals surface area (Å²) in [6, 6.07) is 5.66. The molecule has 2 N–H and O–H groups in total. The van der Waals surface area contributed by atoms with Crippen molar-refractivity contribution in [3.8, 4) is 29.4 Å². The van der Waals surface area contributed by atoms with Crippen molar-refractivity contribution in [2.75, 3.05) is 13.1 Å². The minimum Gasteiger partial charge on any atom is -0.508 e. The smallest absolute Gasteiger partial charge is 0.173 e. The molecule has 3 atom stereocenters. The number of aromatic nitrogens is 2. The van der Waals surface area contributed by atoms with E-state index in [9.17, 15) is 9.50 Å². The third-order valence-electron chi connectivity index (χ3n) is 7.39. The highest BCUT2D eigenvalue weighted by Gasteiger charge is 2.55. The van der Waals surface area contributed by atoms with Gasteiger partial charge >= 0.3 is 0 Å². The van der Waals surface area contributed by atoms with E-state index in [2.05, 4.69) is 16.2 Å². The van der Waals surface area contributed by atoms with Crippen LogP contribution in [0.5, 0.6) is 5.75 Å². The molecule has 0 amide bonds. The maximum Gasteiger partial charge on any atom is 0.173 e. The molecular weight excluding hydrogens is 408 g/mol. The SMILES string of the molecule is C#Cc1c(F)ccc2cc(O)cc(-c3ncc4c(C5C6CNC[C@@H]65)c(C)n(C)c4c3F)c12. The molecule has 2 aromatic heterocycles. The molecule has 1 saturated heterocycles. The molecule has 1 aliphatic heterocycles. The quantitative estimate of drug-likeness (QED) is 0.458. The van der Waals surface area contributed by atoms with Crippen LogP contribution in [-0.2, 0) is 7.05 Å². The number of hydrogen-bond acceptors (Lipinski definition) is 3. The number of pyridine rings is 1. The Morgan fingerprint density at radius 1 is 1.22 bits per heavy atom. The van der Waals surface area contributed by atoms with Crippen LogP contribution in [0.3, 0.4) is 0 Å². The van der Waals surface area contributed by atoms with Crippen LogP contribution in [0.4, 0.5) is 8.78 Å². The van der Waals surface area contributed by atoms with Crippen LogP contribution in [0.15, 0.2) is 30.5 Å². The van der Waals surface area contributed by atoms with Crippen LogP contribution in [0.25, 0.3) is 32.9 Å². The summed E-state index contributed by atoms with van der Waals surface area (Å²) in [5.74, 6) is 2.86. The molecule has 1 aliphatic carbocycles. The van der Waals surface area contributed by atoms with Crippen LogP contribution in [0.1, 0.15) is 22.7 Å². The summed E-state index contributed by atoms with van der Waals surface area (Å²) in [5, 5.41) is 15.4. The summed E-state index contributed by atoms with van der Waals surface area (Å²) in [6.07, 6.45) is 7.30. The predicted molar refractivity (Wildman–Crippen MR) is 120 cm³/mol. The normalized spacial score (nSPS) is 21.8. The molecule has 2 unspecified atom stereocenters. The van der Waals surface area contributed by atoms with E-state index in [0.717, 1.165) is 24.2 Å². The van der Waals surface area contributed by atoms with Crippen LogP contribution >= 0.6 is 0 Å². The first-order valence-electron chi connectivity index (χ1n) is 10.7. The standard InChI is InChI=1S/C26H21F2N3O/c1-4-15-20(27)6-5-13-7-14(32)8-16(22(13)15)25-24(28)26-19(11-30-25)21(12(2)31(26)3)23-17-9-29-10-18(17)23/h1,5-8,11,17-18,23,29,32H,9-10H2,2-3H3/t17-,18?,23?/m0/s1. The molecule has 0 bridgehead atoms. The van der Waals surface area contributed by atoms with Gasteiger partial charge < -0.3 is 15.0 Å². The number of halogens is 2. The third kappa shape index (κ3) is 2.43. The number of benzene rings is 2.